The molecule has 1 fully saturated rings. The van der Waals surface area contributed by atoms with E-state index >= 15 is 0 Å². The predicted molar refractivity (Wildman–Crippen MR) is 54.8 cm³/mol. The summed E-state index contributed by atoms with van der Waals surface area (Å²) < 4.78 is 0. The van der Waals surface area contributed by atoms with E-state index in [1.807, 2.05) is 6.92 Å². The number of hydrogen-bond donors (Lipinski definition) is 2. The molecule has 0 spiro atoms. The molecule has 0 aromatic rings. The normalized spacial score (nSPS) is 26.5. The lowest BCUT2D eigenvalue weighted by Crippen LogP contribution is -2.31. The van der Waals surface area contributed by atoms with Crippen LogP contribution in [0.2, 0.25) is 0 Å². The quantitative estimate of drug-likeness (QED) is 0.648. The molecule has 1 saturated heterocycles. The Morgan fingerprint density at radius 2 is 2.38 bits per heavy atom. The van der Waals surface area contributed by atoms with Crippen LogP contribution >= 0.6 is 0 Å². The number of likely N-dealkylation sites (tertiary alicyclic amines) is 1. The van der Waals surface area contributed by atoms with Crippen LogP contribution in [0.3, 0.4) is 0 Å². The topological polar surface area (TPSA) is 35.5 Å². The van der Waals surface area contributed by atoms with Gasteiger partial charge in [0.25, 0.3) is 0 Å². The second kappa shape index (κ2) is 5.58. The van der Waals surface area contributed by atoms with Gasteiger partial charge in [0.15, 0.2) is 0 Å². The van der Waals surface area contributed by atoms with Crippen molar-refractivity contribution >= 4 is 0 Å². The van der Waals surface area contributed by atoms with E-state index in [2.05, 4.69) is 17.3 Å². The minimum atomic E-state index is -0.167. The van der Waals surface area contributed by atoms with Gasteiger partial charge >= 0.3 is 0 Å². The van der Waals surface area contributed by atoms with Crippen LogP contribution in [0.4, 0.5) is 0 Å². The molecule has 2 atom stereocenters. The van der Waals surface area contributed by atoms with E-state index in [4.69, 9.17) is 0 Å². The molecule has 1 aliphatic rings. The molecule has 1 rings (SSSR count). The van der Waals surface area contributed by atoms with Gasteiger partial charge in [-0.2, -0.15) is 0 Å². The molecule has 2 N–H and O–H groups in total. The fraction of sp³-hybridized carbons (Fsp3) is 1.00. The number of aliphatic hydroxyl groups excluding tert-OH is 1. The van der Waals surface area contributed by atoms with Crippen molar-refractivity contribution in [3.05, 3.63) is 0 Å². The molecule has 0 amide bonds. The number of rotatable bonds is 5. The van der Waals surface area contributed by atoms with Crippen LogP contribution in [-0.2, 0) is 0 Å². The SMILES string of the molecule is CCC(O)CNCC1CCN(C)C1. The van der Waals surface area contributed by atoms with Gasteiger partial charge in [0, 0.05) is 13.1 Å². The van der Waals surface area contributed by atoms with E-state index in [-0.39, 0.29) is 6.10 Å². The maximum absolute atomic E-state index is 9.31. The predicted octanol–water partition coefficient (Wildman–Crippen LogP) is 0.299. The van der Waals surface area contributed by atoms with E-state index in [9.17, 15) is 5.11 Å². The summed E-state index contributed by atoms with van der Waals surface area (Å²) in [6, 6.07) is 0. The van der Waals surface area contributed by atoms with Gasteiger partial charge in [-0.3, -0.25) is 0 Å². The molecule has 0 aromatic carbocycles. The highest BCUT2D eigenvalue weighted by Gasteiger charge is 2.18. The fourth-order valence-corrected chi connectivity index (χ4v) is 1.79. The van der Waals surface area contributed by atoms with Crippen molar-refractivity contribution < 1.29 is 5.11 Å². The molecule has 1 aliphatic heterocycles. The fourth-order valence-electron chi connectivity index (χ4n) is 1.79. The molecule has 3 nitrogen and oxygen atoms in total. The van der Waals surface area contributed by atoms with Crippen molar-refractivity contribution in [1.82, 2.24) is 10.2 Å². The van der Waals surface area contributed by atoms with Crippen LogP contribution in [0.15, 0.2) is 0 Å². The zero-order chi connectivity index (χ0) is 9.68. The van der Waals surface area contributed by atoms with Gasteiger partial charge in [0.05, 0.1) is 6.10 Å². The molecular weight excluding hydrogens is 164 g/mol. The zero-order valence-corrected chi connectivity index (χ0v) is 8.79. The number of nitrogens with zero attached hydrogens (tertiary/aromatic N) is 1. The molecule has 0 aliphatic carbocycles. The third-order valence-electron chi connectivity index (χ3n) is 2.77. The maximum atomic E-state index is 9.31. The monoisotopic (exact) mass is 186 g/mol. The maximum Gasteiger partial charge on any atom is 0.0662 e. The summed E-state index contributed by atoms with van der Waals surface area (Å²) >= 11 is 0. The average molecular weight is 186 g/mol. The second-order valence-electron chi connectivity index (χ2n) is 4.14. The zero-order valence-electron chi connectivity index (χ0n) is 8.79. The van der Waals surface area contributed by atoms with Crippen molar-refractivity contribution in [1.29, 1.82) is 0 Å². The summed E-state index contributed by atoms with van der Waals surface area (Å²) in [6.45, 7) is 6.24. The number of aliphatic hydroxyl groups is 1. The molecule has 0 aromatic heterocycles. The lowest BCUT2D eigenvalue weighted by atomic mass is 10.1. The Morgan fingerprint density at radius 3 is 2.92 bits per heavy atom. The average Bonchev–Trinajstić information content (AvgIpc) is 2.51. The minimum absolute atomic E-state index is 0.167. The van der Waals surface area contributed by atoms with Crippen LogP contribution in [0.25, 0.3) is 0 Å². The van der Waals surface area contributed by atoms with Crippen molar-refractivity contribution in [3.63, 3.8) is 0 Å². The smallest absolute Gasteiger partial charge is 0.0662 e. The van der Waals surface area contributed by atoms with Gasteiger partial charge in [-0.15, -0.1) is 0 Å². The highest BCUT2D eigenvalue weighted by molar-refractivity contribution is 4.75. The highest BCUT2D eigenvalue weighted by atomic mass is 16.3. The van der Waals surface area contributed by atoms with Gasteiger partial charge in [-0.25, -0.2) is 0 Å². The van der Waals surface area contributed by atoms with E-state index in [0.717, 1.165) is 25.4 Å². The number of hydrogen-bond acceptors (Lipinski definition) is 3. The standard InChI is InChI=1S/C10H22N2O/c1-3-10(13)7-11-6-9-4-5-12(2)8-9/h9-11,13H,3-8H2,1-2H3. The van der Waals surface area contributed by atoms with Crippen LogP contribution in [0.1, 0.15) is 19.8 Å². The minimum Gasteiger partial charge on any atom is -0.392 e. The van der Waals surface area contributed by atoms with E-state index in [1.165, 1.54) is 19.5 Å². The van der Waals surface area contributed by atoms with Crippen LogP contribution in [0.5, 0.6) is 0 Å². The van der Waals surface area contributed by atoms with Crippen molar-refractivity contribution in [2.24, 2.45) is 5.92 Å². The molecule has 2 unspecified atom stereocenters. The van der Waals surface area contributed by atoms with Crippen LogP contribution < -0.4 is 5.32 Å². The van der Waals surface area contributed by atoms with E-state index in [1.54, 1.807) is 0 Å². The lowest BCUT2D eigenvalue weighted by Gasteiger charge is -2.13. The summed E-state index contributed by atoms with van der Waals surface area (Å²) in [6.07, 6.45) is 1.97. The molecule has 3 heteroatoms. The Labute approximate surface area is 81.1 Å². The van der Waals surface area contributed by atoms with Crippen LogP contribution in [0, 0.1) is 5.92 Å². The third kappa shape index (κ3) is 4.07. The first-order valence-electron chi connectivity index (χ1n) is 5.29. The van der Waals surface area contributed by atoms with E-state index < -0.39 is 0 Å². The van der Waals surface area contributed by atoms with Crippen LogP contribution in [-0.4, -0.2) is 49.3 Å². The molecule has 1 heterocycles. The Bertz CT molecular complexity index is 141. The molecular formula is C10H22N2O. The van der Waals surface area contributed by atoms with Crippen molar-refractivity contribution in [2.45, 2.75) is 25.9 Å². The van der Waals surface area contributed by atoms with E-state index in [0.29, 0.717) is 0 Å². The van der Waals surface area contributed by atoms with Gasteiger partial charge in [-0.05, 0) is 38.9 Å². The lowest BCUT2D eigenvalue weighted by molar-refractivity contribution is 0.165. The molecule has 0 saturated carbocycles. The van der Waals surface area contributed by atoms with Crippen molar-refractivity contribution in [2.75, 3.05) is 33.2 Å². The Morgan fingerprint density at radius 1 is 1.62 bits per heavy atom. The Hall–Kier alpha value is -0.120. The van der Waals surface area contributed by atoms with Gasteiger partial charge < -0.3 is 15.3 Å². The summed E-state index contributed by atoms with van der Waals surface area (Å²) in [5.41, 5.74) is 0. The Kier molecular flexibility index (Phi) is 4.70. The molecule has 0 bridgehead atoms. The largest absolute Gasteiger partial charge is 0.392 e. The summed E-state index contributed by atoms with van der Waals surface area (Å²) in [5.74, 6) is 0.786. The molecule has 13 heavy (non-hydrogen) atoms. The first kappa shape index (κ1) is 11.0. The summed E-state index contributed by atoms with van der Waals surface area (Å²) in [5, 5.41) is 12.6. The number of nitrogens with one attached hydrogen (secondary N) is 1. The van der Waals surface area contributed by atoms with Gasteiger partial charge in [0.1, 0.15) is 0 Å². The van der Waals surface area contributed by atoms with Crippen molar-refractivity contribution in [3.8, 4) is 0 Å². The third-order valence-corrected chi connectivity index (χ3v) is 2.77. The first-order chi connectivity index (χ1) is 6.22. The van der Waals surface area contributed by atoms with Gasteiger partial charge in [-0.1, -0.05) is 6.92 Å². The second-order valence-corrected chi connectivity index (χ2v) is 4.14. The summed E-state index contributed by atoms with van der Waals surface area (Å²) in [7, 11) is 2.17. The Balaban J connectivity index is 2.00. The summed E-state index contributed by atoms with van der Waals surface area (Å²) in [4.78, 5) is 2.36. The molecule has 78 valence electrons. The first-order valence-corrected chi connectivity index (χ1v) is 5.29. The molecule has 0 radical (unpaired) electrons. The highest BCUT2D eigenvalue weighted by Crippen LogP contribution is 2.12. The van der Waals surface area contributed by atoms with Gasteiger partial charge in [0.2, 0.25) is 0 Å².